The summed E-state index contributed by atoms with van der Waals surface area (Å²) < 4.78 is 65.3. The summed E-state index contributed by atoms with van der Waals surface area (Å²) in [6.07, 6.45) is -4.48. The van der Waals surface area contributed by atoms with E-state index >= 15 is 0 Å². The van der Waals surface area contributed by atoms with Crippen molar-refractivity contribution in [1.29, 1.82) is 0 Å². The van der Waals surface area contributed by atoms with Gasteiger partial charge in [-0.25, -0.2) is 13.6 Å². The standard InChI is InChI=1S/C11H11F5N2O2/c12-10(13)3-1-2-6(10)5-18-8(9(19)20)7(4-17-18)11(14,15)16/h4,6H,1-3,5H2,(H,19,20). The highest BCUT2D eigenvalue weighted by atomic mass is 19.4. The van der Waals surface area contributed by atoms with Crippen LogP contribution in [-0.4, -0.2) is 26.8 Å². The van der Waals surface area contributed by atoms with E-state index in [0.717, 1.165) is 0 Å². The Hall–Kier alpha value is -1.67. The van der Waals surface area contributed by atoms with E-state index in [1.165, 1.54) is 0 Å². The van der Waals surface area contributed by atoms with Gasteiger partial charge in [0.2, 0.25) is 0 Å². The largest absolute Gasteiger partial charge is 0.477 e. The maximum atomic E-state index is 13.5. The normalized spacial score (nSPS) is 22.1. The predicted octanol–water partition coefficient (Wildman–Crippen LogP) is 3.04. The van der Waals surface area contributed by atoms with Crippen molar-refractivity contribution in [1.82, 2.24) is 9.78 Å². The molecule has 1 aromatic rings. The zero-order valence-electron chi connectivity index (χ0n) is 10.1. The first-order valence-corrected chi connectivity index (χ1v) is 5.87. The van der Waals surface area contributed by atoms with Gasteiger partial charge in [0.1, 0.15) is 5.56 Å². The molecule has 1 aliphatic rings. The summed E-state index contributed by atoms with van der Waals surface area (Å²) in [4.78, 5) is 10.9. The van der Waals surface area contributed by atoms with Gasteiger partial charge < -0.3 is 5.11 Å². The molecule has 0 aliphatic heterocycles. The molecule has 1 N–H and O–H groups in total. The highest BCUT2D eigenvalue weighted by Gasteiger charge is 2.45. The van der Waals surface area contributed by atoms with Gasteiger partial charge in [-0.2, -0.15) is 18.3 Å². The number of carboxylic acid groups (broad SMARTS) is 1. The monoisotopic (exact) mass is 298 g/mol. The minimum absolute atomic E-state index is 0.132. The van der Waals surface area contributed by atoms with Gasteiger partial charge >= 0.3 is 12.1 Å². The molecule has 1 unspecified atom stereocenters. The SMILES string of the molecule is O=C(O)c1c(C(F)(F)F)cnn1CC1CCCC1(F)F. The number of aromatic carboxylic acids is 1. The number of carboxylic acids is 1. The summed E-state index contributed by atoms with van der Waals surface area (Å²) in [7, 11) is 0. The van der Waals surface area contributed by atoms with Crippen LogP contribution in [0.2, 0.25) is 0 Å². The summed E-state index contributed by atoms with van der Waals surface area (Å²) in [5.41, 5.74) is -2.52. The van der Waals surface area contributed by atoms with E-state index in [9.17, 15) is 26.7 Å². The van der Waals surface area contributed by atoms with Crippen LogP contribution in [0.15, 0.2) is 6.20 Å². The summed E-state index contributed by atoms with van der Waals surface area (Å²) >= 11 is 0. The molecule has 9 heteroatoms. The van der Waals surface area contributed by atoms with Gasteiger partial charge in [0.15, 0.2) is 5.69 Å². The number of nitrogens with zero attached hydrogens (tertiary/aromatic N) is 2. The number of rotatable bonds is 3. The molecule has 0 amide bonds. The Morgan fingerprint density at radius 1 is 1.50 bits per heavy atom. The van der Waals surface area contributed by atoms with E-state index < -0.39 is 41.8 Å². The number of hydrogen-bond donors (Lipinski definition) is 1. The van der Waals surface area contributed by atoms with E-state index in [2.05, 4.69) is 5.10 Å². The number of halogens is 5. The van der Waals surface area contributed by atoms with E-state index in [-0.39, 0.29) is 19.3 Å². The average Bonchev–Trinajstić information content (AvgIpc) is 2.83. The first-order valence-electron chi connectivity index (χ1n) is 5.87. The van der Waals surface area contributed by atoms with Crippen molar-refractivity contribution in [3.8, 4) is 0 Å². The fourth-order valence-electron chi connectivity index (χ4n) is 2.39. The zero-order chi connectivity index (χ0) is 15.1. The third kappa shape index (κ3) is 2.61. The predicted molar refractivity (Wildman–Crippen MR) is 56.5 cm³/mol. The Morgan fingerprint density at radius 3 is 2.60 bits per heavy atom. The molecule has 20 heavy (non-hydrogen) atoms. The summed E-state index contributed by atoms with van der Waals surface area (Å²) in [5.74, 6) is -6.03. The molecule has 0 spiro atoms. The van der Waals surface area contributed by atoms with Gasteiger partial charge in [0.25, 0.3) is 5.92 Å². The van der Waals surface area contributed by atoms with Crippen molar-refractivity contribution in [3.63, 3.8) is 0 Å². The number of carbonyl (C=O) groups is 1. The van der Waals surface area contributed by atoms with Crippen LogP contribution in [0, 0.1) is 5.92 Å². The molecular formula is C11H11F5N2O2. The highest BCUT2D eigenvalue weighted by molar-refractivity contribution is 5.87. The Morgan fingerprint density at radius 2 is 2.15 bits per heavy atom. The van der Waals surface area contributed by atoms with Crippen molar-refractivity contribution in [2.45, 2.75) is 37.9 Å². The second kappa shape index (κ2) is 4.71. The third-order valence-electron chi connectivity index (χ3n) is 3.40. The quantitative estimate of drug-likeness (QED) is 0.873. The molecule has 1 atom stereocenters. The van der Waals surface area contributed by atoms with Gasteiger partial charge in [0, 0.05) is 12.3 Å². The third-order valence-corrected chi connectivity index (χ3v) is 3.40. The molecule has 112 valence electrons. The van der Waals surface area contributed by atoms with E-state index in [1.807, 2.05) is 0 Å². The Balaban J connectivity index is 2.34. The maximum absolute atomic E-state index is 13.5. The molecule has 4 nitrogen and oxygen atoms in total. The lowest BCUT2D eigenvalue weighted by atomic mass is 10.1. The topological polar surface area (TPSA) is 55.1 Å². The van der Waals surface area contributed by atoms with Crippen molar-refractivity contribution in [3.05, 3.63) is 17.5 Å². The van der Waals surface area contributed by atoms with Crippen molar-refractivity contribution in [2.75, 3.05) is 0 Å². The number of aromatic nitrogens is 2. The van der Waals surface area contributed by atoms with Crippen molar-refractivity contribution >= 4 is 5.97 Å². The number of alkyl halides is 5. The van der Waals surface area contributed by atoms with E-state index in [4.69, 9.17) is 5.11 Å². The minimum Gasteiger partial charge on any atom is -0.477 e. The van der Waals surface area contributed by atoms with E-state index in [1.54, 1.807) is 0 Å². The van der Waals surface area contributed by atoms with Crippen LogP contribution >= 0.6 is 0 Å². The molecule has 2 rings (SSSR count). The Bertz CT molecular complexity index is 523. The molecule has 0 aromatic carbocycles. The van der Waals surface area contributed by atoms with Crippen molar-refractivity contribution < 1.29 is 31.9 Å². The maximum Gasteiger partial charge on any atom is 0.420 e. The van der Waals surface area contributed by atoms with Gasteiger partial charge in [-0.1, -0.05) is 0 Å². The molecule has 1 saturated carbocycles. The van der Waals surface area contributed by atoms with Gasteiger partial charge in [-0.15, -0.1) is 0 Å². The van der Waals surface area contributed by atoms with Crippen LogP contribution in [-0.2, 0) is 12.7 Å². The fourth-order valence-corrected chi connectivity index (χ4v) is 2.39. The van der Waals surface area contributed by atoms with Gasteiger partial charge in [-0.3, -0.25) is 4.68 Å². The first-order chi connectivity index (χ1) is 9.13. The van der Waals surface area contributed by atoms with Gasteiger partial charge in [0.05, 0.1) is 12.7 Å². The summed E-state index contributed by atoms with van der Waals surface area (Å²) in [6, 6.07) is 0. The fraction of sp³-hybridized carbons (Fsp3) is 0.636. The molecule has 0 saturated heterocycles. The van der Waals surface area contributed by atoms with Crippen LogP contribution in [0.3, 0.4) is 0 Å². The second-order valence-corrected chi connectivity index (χ2v) is 4.74. The zero-order valence-corrected chi connectivity index (χ0v) is 10.1. The lowest BCUT2D eigenvalue weighted by Crippen LogP contribution is -2.28. The Labute approximate surface area is 110 Å². The van der Waals surface area contributed by atoms with Gasteiger partial charge in [-0.05, 0) is 12.8 Å². The summed E-state index contributed by atoms with van der Waals surface area (Å²) in [6.45, 7) is -0.537. The molecular weight excluding hydrogens is 287 g/mol. The first kappa shape index (κ1) is 14.7. The molecule has 1 fully saturated rings. The summed E-state index contributed by atoms with van der Waals surface area (Å²) in [5, 5.41) is 12.2. The van der Waals surface area contributed by atoms with E-state index in [0.29, 0.717) is 10.9 Å². The average molecular weight is 298 g/mol. The lowest BCUT2D eigenvalue weighted by Gasteiger charge is -2.19. The smallest absolute Gasteiger partial charge is 0.420 e. The minimum atomic E-state index is -4.88. The molecule has 0 bridgehead atoms. The van der Waals surface area contributed by atoms with Crippen LogP contribution in [0.5, 0.6) is 0 Å². The molecule has 1 aromatic heterocycles. The van der Waals surface area contributed by atoms with Crippen LogP contribution in [0.4, 0.5) is 22.0 Å². The lowest BCUT2D eigenvalue weighted by molar-refractivity contribution is -0.138. The van der Waals surface area contributed by atoms with Crippen LogP contribution in [0.1, 0.15) is 35.3 Å². The van der Waals surface area contributed by atoms with Crippen LogP contribution in [0.25, 0.3) is 0 Å². The number of hydrogen-bond acceptors (Lipinski definition) is 2. The molecule has 0 radical (unpaired) electrons. The van der Waals surface area contributed by atoms with Crippen LogP contribution < -0.4 is 0 Å². The Kier molecular flexibility index (Phi) is 3.47. The second-order valence-electron chi connectivity index (χ2n) is 4.74. The van der Waals surface area contributed by atoms with Crippen molar-refractivity contribution in [2.24, 2.45) is 5.92 Å². The molecule has 1 heterocycles. The highest BCUT2D eigenvalue weighted by Crippen LogP contribution is 2.41. The molecule has 1 aliphatic carbocycles.